The fourth-order valence-corrected chi connectivity index (χ4v) is 3.81. The molecule has 126 valence electrons. The van der Waals surface area contributed by atoms with Crippen molar-refractivity contribution in [3.05, 3.63) is 40.7 Å². The summed E-state index contributed by atoms with van der Waals surface area (Å²) in [7, 11) is -4.67. The summed E-state index contributed by atoms with van der Waals surface area (Å²) < 4.78 is 60.3. The Hall–Kier alpha value is -1.60. The van der Waals surface area contributed by atoms with E-state index in [9.17, 15) is 17.6 Å². The van der Waals surface area contributed by atoms with Crippen LogP contribution in [0.25, 0.3) is 0 Å². The van der Waals surface area contributed by atoms with Crippen LogP contribution >= 0.6 is 11.6 Å². The van der Waals surface area contributed by atoms with E-state index < -0.39 is 27.0 Å². The highest BCUT2D eigenvalue weighted by Crippen LogP contribution is 2.30. The minimum Gasteiger partial charge on any atom is -0.463 e. The van der Waals surface area contributed by atoms with E-state index in [1.54, 1.807) is 6.92 Å². The number of ether oxygens (including phenoxy) is 1. The summed E-state index contributed by atoms with van der Waals surface area (Å²) in [6.45, 7) is 1.59. The summed E-state index contributed by atoms with van der Waals surface area (Å²) in [5.41, 5.74) is -0.625. The van der Waals surface area contributed by atoms with Gasteiger partial charge in [-0.3, -0.25) is 4.72 Å². The number of carbonyl (C=O) groups is 1. The molecule has 0 radical (unpaired) electrons. The van der Waals surface area contributed by atoms with Crippen LogP contribution in [0.1, 0.15) is 27.6 Å². The molecule has 2 rings (SSSR count). The summed E-state index contributed by atoms with van der Waals surface area (Å²) >= 11 is 5.83. The summed E-state index contributed by atoms with van der Waals surface area (Å²) in [5, 5.41) is -2.67. The molecule has 23 heavy (non-hydrogen) atoms. The van der Waals surface area contributed by atoms with Crippen LogP contribution in [0.2, 0.25) is 6.43 Å². The highest BCUT2D eigenvalue weighted by molar-refractivity contribution is 7.93. The van der Waals surface area contributed by atoms with Gasteiger partial charge in [-0.15, -0.1) is 0 Å². The van der Waals surface area contributed by atoms with Crippen LogP contribution in [0.15, 0.2) is 29.8 Å². The van der Waals surface area contributed by atoms with Crippen molar-refractivity contribution in [3.63, 3.8) is 0 Å². The standard InChI is InChI=1S/C15H17ClFNO4S/c1-2-22-15(19)11-5-3-4-6-14(11)23(20,21)18-13-8-7-10(17)9-12(13)16/h5,7-9,14,18H,2-4,6H2,1H3/t14-/m1/s1/i14D/hD. The first-order valence-electron chi connectivity index (χ1n) is 7.96. The van der Waals surface area contributed by atoms with E-state index in [0.29, 0.717) is 12.8 Å². The zero-order valence-corrected chi connectivity index (χ0v) is 14.0. The SMILES string of the molecule is [2H]N(c1ccc(F)cc1Cl)S(=O)(=O)[C@]1([2H])CCCC=C1C(=O)OCC. The molecule has 1 aromatic rings. The number of hydrogen-bond acceptors (Lipinski definition) is 4. The lowest BCUT2D eigenvalue weighted by atomic mass is 9.99. The van der Waals surface area contributed by atoms with Gasteiger partial charge in [-0.1, -0.05) is 17.7 Å². The molecule has 0 fully saturated rings. The van der Waals surface area contributed by atoms with Gasteiger partial charge in [0.2, 0.25) is 10.0 Å². The summed E-state index contributed by atoms with van der Waals surface area (Å²) in [6.07, 6.45) is 1.97. The molecule has 0 saturated heterocycles. The topological polar surface area (TPSA) is 72.5 Å². The number of halogens is 2. The highest BCUT2D eigenvalue weighted by atomic mass is 35.5. The van der Waals surface area contributed by atoms with Crippen LogP contribution in [0.3, 0.4) is 0 Å². The molecular formula is C15H17ClFNO4S. The molecule has 0 amide bonds. The van der Waals surface area contributed by atoms with Crippen LogP contribution in [-0.2, 0) is 19.6 Å². The second kappa shape index (κ2) is 7.31. The summed E-state index contributed by atoms with van der Waals surface area (Å²) in [6, 6.07) is 2.85. The van der Waals surface area contributed by atoms with E-state index in [1.807, 2.05) is 0 Å². The first kappa shape index (κ1) is 15.0. The van der Waals surface area contributed by atoms with Gasteiger partial charge >= 0.3 is 5.97 Å². The van der Waals surface area contributed by atoms with Crippen molar-refractivity contribution in [1.29, 1.82) is 0 Å². The molecule has 1 aromatic carbocycles. The Kier molecular flexibility index (Phi) is 4.76. The third kappa shape index (κ3) is 4.23. The Bertz CT molecular complexity index is 818. The molecular weight excluding hydrogens is 345 g/mol. The van der Waals surface area contributed by atoms with E-state index >= 15 is 0 Å². The Morgan fingerprint density at radius 2 is 2.35 bits per heavy atom. The third-order valence-electron chi connectivity index (χ3n) is 3.19. The predicted molar refractivity (Wildman–Crippen MR) is 86.3 cm³/mol. The first-order valence-corrected chi connectivity index (χ1v) is 8.83. The molecule has 0 aliphatic heterocycles. The van der Waals surface area contributed by atoms with E-state index in [-0.39, 0.29) is 34.0 Å². The number of carbonyl (C=O) groups excluding carboxylic acids is 1. The highest BCUT2D eigenvalue weighted by Gasteiger charge is 2.35. The Morgan fingerprint density at radius 1 is 1.61 bits per heavy atom. The number of esters is 1. The van der Waals surface area contributed by atoms with E-state index in [0.717, 1.165) is 18.2 Å². The first-order chi connectivity index (χ1) is 11.6. The van der Waals surface area contributed by atoms with Gasteiger partial charge in [-0.25, -0.2) is 17.6 Å². The van der Waals surface area contributed by atoms with Gasteiger partial charge in [0.1, 0.15) is 11.0 Å². The molecule has 1 N–H and O–H groups in total. The van der Waals surface area contributed by atoms with Crippen molar-refractivity contribution in [2.75, 3.05) is 11.3 Å². The van der Waals surface area contributed by atoms with Crippen molar-refractivity contribution in [2.24, 2.45) is 0 Å². The summed E-state index contributed by atoms with van der Waals surface area (Å²) in [5.74, 6) is -1.59. The van der Waals surface area contributed by atoms with Crippen LogP contribution in [0, 0.1) is 5.82 Å². The number of benzene rings is 1. The minimum atomic E-state index is -4.67. The predicted octanol–water partition coefficient (Wildman–Crippen LogP) is 3.26. The molecule has 0 heterocycles. The molecule has 0 aromatic heterocycles. The second-order valence-corrected chi connectivity index (χ2v) is 6.85. The molecule has 0 unspecified atom stereocenters. The smallest absolute Gasteiger partial charge is 0.335 e. The number of sulfonamides is 1. The molecule has 0 spiro atoms. The Morgan fingerprint density at radius 3 is 3.00 bits per heavy atom. The van der Waals surface area contributed by atoms with Gasteiger partial charge in [0, 0.05) is 0 Å². The monoisotopic (exact) mass is 363 g/mol. The molecule has 0 saturated carbocycles. The van der Waals surface area contributed by atoms with Gasteiger partial charge in [0.15, 0.2) is 1.41 Å². The number of anilines is 1. The Labute approximate surface area is 142 Å². The normalized spacial score (nSPS) is 22.7. The lowest BCUT2D eigenvalue weighted by molar-refractivity contribution is -0.138. The quantitative estimate of drug-likeness (QED) is 0.815. The maximum atomic E-state index is 13.2. The fraction of sp³-hybridized carbons (Fsp3) is 0.400. The van der Waals surface area contributed by atoms with Crippen molar-refractivity contribution < 1.29 is 25.1 Å². The Balaban J connectivity index is 2.50. The molecule has 5 nitrogen and oxygen atoms in total. The van der Waals surface area contributed by atoms with Gasteiger partial charge in [0.05, 0.1) is 24.3 Å². The average molecular weight is 364 g/mol. The number of rotatable bonds is 5. The van der Waals surface area contributed by atoms with E-state index in [1.165, 1.54) is 6.08 Å². The fourth-order valence-electron chi connectivity index (χ4n) is 2.17. The van der Waals surface area contributed by atoms with Gasteiger partial charge in [-0.2, -0.15) is 0 Å². The number of nitrogens with one attached hydrogen (secondary N) is 1. The second-order valence-electron chi connectivity index (χ2n) is 4.82. The number of hydrogen-bond donors (Lipinski definition) is 1. The van der Waals surface area contributed by atoms with Crippen molar-refractivity contribution >= 4 is 33.3 Å². The van der Waals surface area contributed by atoms with Gasteiger partial charge in [0.25, 0.3) is 0 Å². The molecule has 1 aliphatic carbocycles. The van der Waals surface area contributed by atoms with Gasteiger partial charge < -0.3 is 4.74 Å². The lowest BCUT2D eigenvalue weighted by Crippen LogP contribution is -2.34. The zero-order chi connectivity index (χ0) is 18.8. The lowest BCUT2D eigenvalue weighted by Gasteiger charge is -2.24. The molecule has 1 aliphatic rings. The maximum absolute atomic E-state index is 13.2. The van der Waals surface area contributed by atoms with Crippen molar-refractivity contribution in [3.8, 4) is 0 Å². The van der Waals surface area contributed by atoms with Crippen LogP contribution in [-0.4, -0.2) is 26.2 Å². The van der Waals surface area contributed by atoms with Crippen LogP contribution in [0.5, 0.6) is 0 Å². The van der Waals surface area contributed by atoms with Crippen molar-refractivity contribution in [2.45, 2.75) is 31.4 Å². The molecule has 0 bridgehead atoms. The van der Waals surface area contributed by atoms with E-state index in [4.69, 9.17) is 19.1 Å². The van der Waals surface area contributed by atoms with E-state index in [2.05, 4.69) is 0 Å². The third-order valence-corrected chi connectivity index (χ3v) is 4.98. The maximum Gasteiger partial charge on any atom is 0.335 e. The van der Waals surface area contributed by atoms with Crippen molar-refractivity contribution in [1.82, 2.24) is 0 Å². The van der Waals surface area contributed by atoms with Crippen LogP contribution in [0.4, 0.5) is 10.1 Å². The number of allylic oxidation sites excluding steroid dienone is 1. The molecule has 8 heteroatoms. The minimum absolute atomic E-state index is 0.0285. The zero-order valence-electron chi connectivity index (χ0n) is 14.4. The van der Waals surface area contributed by atoms with Crippen LogP contribution < -0.4 is 4.72 Å². The average Bonchev–Trinajstić information content (AvgIpc) is 2.54. The molecule has 1 atom stereocenters. The largest absolute Gasteiger partial charge is 0.463 e. The van der Waals surface area contributed by atoms with Gasteiger partial charge in [-0.05, 0) is 44.4 Å². The summed E-state index contributed by atoms with van der Waals surface area (Å²) in [4.78, 5) is 12.1.